The lowest BCUT2D eigenvalue weighted by atomic mass is 9.75. The Bertz CT molecular complexity index is 213. The van der Waals surface area contributed by atoms with Crippen LogP contribution in [0.5, 0.6) is 0 Å². The summed E-state index contributed by atoms with van der Waals surface area (Å²) in [5.74, 6) is -1.61. The van der Waals surface area contributed by atoms with Crippen molar-refractivity contribution >= 4 is 0 Å². The summed E-state index contributed by atoms with van der Waals surface area (Å²) in [6.07, 6.45) is 4.54. The Morgan fingerprint density at radius 1 is 1.40 bits per heavy atom. The molecule has 0 amide bonds. The van der Waals surface area contributed by atoms with Gasteiger partial charge < -0.3 is 0 Å². The second-order valence-corrected chi connectivity index (χ2v) is 5.05. The van der Waals surface area contributed by atoms with E-state index in [0.29, 0.717) is 5.92 Å². The van der Waals surface area contributed by atoms with Crippen molar-refractivity contribution in [3.05, 3.63) is 12.2 Å². The summed E-state index contributed by atoms with van der Waals surface area (Å²) in [4.78, 5) is 0. The number of hydrogen-bond acceptors (Lipinski definition) is 0. The molecule has 0 aromatic rings. The van der Waals surface area contributed by atoms with Crippen LogP contribution in [-0.4, -0.2) is 5.92 Å². The van der Waals surface area contributed by atoms with Gasteiger partial charge in [-0.1, -0.05) is 38.8 Å². The highest BCUT2D eigenvalue weighted by Crippen LogP contribution is 2.46. The molecule has 0 radical (unpaired) electrons. The first-order valence-corrected chi connectivity index (χ1v) is 6.00. The van der Waals surface area contributed by atoms with Crippen molar-refractivity contribution in [2.75, 3.05) is 0 Å². The summed E-state index contributed by atoms with van der Waals surface area (Å²) < 4.78 is 25.3. The highest BCUT2D eigenvalue weighted by Gasteiger charge is 2.45. The maximum atomic E-state index is 12.6. The highest BCUT2D eigenvalue weighted by molar-refractivity contribution is 5.08. The standard InChI is InChI=1S/C13H22F2/c1-4-5-10(2)6-7-11(3)12-8-13(14,15)9-12/h10,12H,3-9H2,1-2H3. The number of allylic oxidation sites excluding steroid dienone is 1. The van der Waals surface area contributed by atoms with Gasteiger partial charge in [0.2, 0.25) is 5.92 Å². The van der Waals surface area contributed by atoms with E-state index in [9.17, 15) is 8.78 Å². The van der Waals surface area contributed by atoms with Crippen LogP contribution in [0.15, 0.2) is 12.2 Å². The fourth-order valence-corrected chi connectivity index (χ4v) is 2.22. The first kappa shape index (κ1) is 12.7. The van der Waals surface area contributed by atoms with Crippen LogP contribution >= 0.6 is 0 Å². The number of alkyl halides is 2. The third kappa shape index (κ3) is 3.92. The zero-order valence-electron chi connectivity index (χ0n) is 9.86. The summed E-state index contributed by atoms with van der Waals surface area (Å²) in [5, 5.41) is 0. The molecule has 0 nitrogen and oxygen atoms in total. The van der Waals surface area contributed by atoms with Crippen molar-refractivity contribution in [2.45, 2.75) is 58.3 Å². The second kappa shape index (κ2) is 5.09. The van der Waals surface area contributed by atoms with Crippen molar-refractivity contribution in [3.8, 4) is 0 Å². The fourth-order valence-electron chi connectivity index (χ4n) is 2.22. The van der Waals surface area contributed by atoms with E-state index < -0.39 is 5.92 Å². The summed E-state index contributed by atoms with van der Waals surface area (Å²) in [6, 6.07) is 0. The molecule has 0 aromatic carbocycles. The van der Waals surface area contributed by atoms with Crippen molar-refractivity contribution < 1.29 is 8.78 Å². The van der Waals surface area contributed by atoms with Gasteiger partial charge in [-0.25, -0.2) is 8.78 Å². The molecule has 1 rings (SSSR count). The molecular weight excluding hydrogens is 194 g/mol. The largest absolute Gasteiger partial charge is 0.249 e. The van der Waals surface area contributed by atoms with Gasteiger partial charge in [-0.15, -0.1) is 0 Å². The Kier molecular flexibility index (Phi) is 4.30. The van der Waals surface area contributed by atoms with E-state index in [2.05, 4.69) is 20.4 Å². The van der Waals surface area contributed by atoms with Crippen LogP contribution in [0.3, 0.4) is 0 Å². The van der Waals surface area contributed by atoms with Crippen molar-refractivity contribution in [3.63, 3.8) is 0 Å². The molecule has 1 aliphatic carbocycles. The van der Waals surface area contributed by atoms with Gasteiger partial charge in [0.1, 0.15) is 0 Å². The van der Waals surface area contributed by atoms with Gasteiger partial charge >= 0.3 is 0 Å². The Morgan fingerprint density at radius 3 is 2.47 bits per heavy atom. The lowest BCUT2D eigenvalue weighted by molar-refractivity contribution is -0.0999. The quantitative estimate of drug-likeness (QED) is 0.559. The van der Waals surface area contributed by atoms with Crippen molar-refractivity contribution in [1.29, 1.82) is 0 Å². The van der Waals surface area contributed by atoms with E-state index in [1.165, 1.54) is 12.8 Å². The Hall–Kier alpha value is -0.400. The number of halogens is 2. The molecular formula is C13H22F2. The van der Waals surface area contributed by atoms with Gasteiger partial charge in [-0.3, -0.25) is 0 Å². The van der Waals surface area contributed by atoms with Gasteiger partial charge in [-0.05, 0) is 24.7 Å². The van der Waals surface area contributed by atoms with Gasteiger partial charge in [-0.2, -0.15) is 0 Å². The summed E-state index contributed by atoms with van der Waals surface area (Å²) in [6.45, 7) is 8.35. The number of hydrogen-bond donors (Lipinski definition) is 0. The zero-order valence-corrected chi connectivity index (χ0v) is 9.86. The minimum atomic E-state index is -2.40. The lowest BCUT2D eigenvalue weighted by Gasteiger charge is -2.36. The smallest absolute Gasteiger partial charge is 0.207 e. The molecule has 1 saturated carbocycles. The molecule has 0 N–H and O–H groups in total. The number of rotatable bonds is 6. The summed E-state index contributed by atoms with van der Waals surface area (Å²) in [7, 11) is 0. The monoisotopic (exact) mass is 216 g/mol. The molecule has 0 aliphatic heterocycles. The van der Waals surface area contributed by atoms with E-state index in [0.717, 1.165) is 18.4 Å². The van der Waals surface area contributed by atoms with Gasteiger partial charge in [0.15, 0.2) is 0 Å². The molecule has 0 bridgehead atoms. The zero-order chi connectivity index (χ0) is 11.5. The van der Waals surface area contributed by atoms with Crippen LogP contribution in [0.1, 0.15) is 52.4 Å². The van der Waals surface area contributed by atoms with Crippen LogP contribution in [0.25, 0.3) is 0 Å². The van der Waals surface area contributed by atoms with E-state index >= 15 is 0 Å². The molecule has 2 heteroatoms. The van der Waals surface area contributed by atoms with Crippen LogP contribution in [-0.2, 0) is 0 Å². The van der Waals surface area contributed by atoms with Gasteiger partial charge in [0.05, 0.1) is 0 Å². The van der Waals surface area contributed by atoms with Crippen molar-refractivity contribution in [1.82, 2.24) is 0 Å². The molecule has 1 unspecified atom stereocenters. The molecule has 0 aromatic heterocycles. The molecule has 0 heterocycles. The van der Waals surface area contributed by atoms with E-state index in [4.69, 9.17) is 0 Å². The molecule has 1 fully saturated rings. The normalized spacial score (nSPS) is 22.1. The lowest BCUT2D eigenvalue weighted by Crippen LogP contribution is -2.36. The minimum absolute atomic E-state index is 0.0357. The topological polar surface area (TPSA) is 0 Å². The highest BCUT2D eigenvalue weighted by atomic mass is 19.3. The van der Waals surface area contributed by atoms with E-state index in [1.807, 2.05) is 0 Å². The van der Waals surface area contributed by atoms with Gasteiger partial charge in [0, 0.05) is 12.8 Å². The molecule has 15 heavy (non-hydrogen) atoms. The second-order valence-electron chi connectivity index (χ2n) is 5.05. The first-order chi connectivity index (χ1) is 6.94. The average molecular weight is 216 g/mol. The average Bonchev–Trinajstić information content (AvgIpc) is 2.10. The van der Waals surface area contributed by atoms with Crippen LogP contribution < -0.4 is 0 Å². The first-order valence-electron chi connectivity index (χ1n) is 6.00. The summed E-state index contributed by atoms with van der Waals surface area (Å²) >= 11 is 0. The van der Waals surface area contributed by atoms with E-state index in [1.54, 1.807) is 0 Å². The predicted octanol–water partition coefficient (Wildman–Crippen LogP) is 4.80. The van der Waals surface area contributed by atoms with Gasteiger partial charge in [0.25, 0.3) is 0 Å². The third-order valence-corrected chi connectivity index (χ3v) is 3.41. The molecule has 88 valence electrons. The molecule has 0 spiro atoms. The van der Waals surface area contributed by atoms with Crippen LogP contribution in [0.4, 0.5) is 8.78 Å². The Balaban J connectivity index is 2.15. The SMILES string of the molecule is C=C(CCC(C)CCC)C1CC(F)(F)C1. The van der Waals surface area contributed by atoms with Crippen molar-refractivity contribution in [2.24, 2.45) is 11.8 Å². The maximum absolute atomic E-state index is 12.6. The van der Waals surface area contributed by atoms with E-state index in [-0.39, 0.29) is 18.8 Å². The maximum Gasteiger partial charge on any atom is 0.249 e. The third-order valence-electron chi connectivity index (χ3n) is 3.41. The molecule has 1 atom stereocenters. The Morgan fingerprint density at radius 2 is 2.00 bits per heavy atom. The predicted molar refractivity (Wildman–Crippen MR) is 60.1 cm³/mol. The molecule has 0 saturated heterocycles. The van der Waals surface area contributed by atoms with Crippen LogP contribution in [0, 0.1) is 11.8 Å². The summed E-state index contributed by atoms with van der Waals surface area (Å²) in [5.41, 5.74) is 1.05. The molecule has 1 aliphatic rings. The fraction of sp³-hybridized carbons (Fsp3) is 0.846. The van der Waals surface area contributed by atoms with Crippen LogP contribution in [0.2, 0.25) is 0 Å². The minimum Gasteiger partial charge on any atom is -0.207 e. The Labute approximate surface area is 91.8 Å².